The van der Waals surface area contributed by atoms with Crippen molar-refractivity contribution in [3.8, 4) is 0 Å². The average Bonchev–Trinajstić information content (AvgIpc) is 1.85. The first-order chi connectivity index (χ1) is 5.52. The van der Waals surface area contributed by atoms with Crippen LogP contribution in [0.5, 0.6) is 0 Å². The van der Waals surface area contributed by atoms with E-state index in [1.807, 2.05) is 6.92 Å². The zero-order valence-electron chi connectivity index (χ0n) is 7.32. The number of hydrogen-bond donors (Lipinski definition) is 0. The van der Waals surface area contributed by atoms with Crippen LogP contribution in [-0.4, -0.2) is 14.5 Å². The van der Waals surface area contributed by atoms with Crippen molar-refractivity contribution in [2.24, 2.45) is 0 Å². The summed E-state index contributed by atoms with van der Waals surface area (Å²) < 4.78 is 30.4. The van der Waals surface area contributed by atoms with E-state index in [9.17, 15) is 8.42 Å². The smallest absolute Gasteiger partial charge is 0.370 e. The van der Waals surface area contributed by atoms with Gasteiger partial charge in [-0.3, -0.25) is 0 Å². The molecule has 0 saturated heterocycles. The first-order valence-corrected chi connectivity index (χ1v) is 5.07. The van der Waals surface area contributed by atoms with Gasteiger partial charge in [0.25, 0.3) is 0 Å². The van der Waals surface area contributed by atoms with Gasteiger partial charge in [-0.25, -0.2) is 4.18 Å². The highest BCUT2D eigenvalue weighted by molar-refractivity contribution is 7.82. The third-order valence-electron chi connectivity index (χ3n) is 1.16. The molecule has 0 radical (unpaired) electrons. The Balaban J connectivity index is 3.97. The first-order valence-electron chi connectivity index (χ1n) is 3.74. The summed E-state index contributed by atoms with van der Waals surface area (Å²) in [5, 5.41) is 0. The minimum absolute atomic E-state index is 0.347. The van der Waals surface area contributed by atoms with Crippen molar-refractivity contribution < 1.29 is 16.8 Å². The van der Waals surface area contributed by atoms with Gasteiger partial charge in [-0.1, -0.05) is 19.9 Å². The Hall–Kier alpha value is -0.550. The molecule has 0 spiro atoms. The lowest BCUT2D eigenvalue weighted by molar-refractivity contribution is 0.183. The minimum Gasteiger partial charge on any atom is -0.370 e. The van der Waals surface area contributed by atoms with Gasteiger partial charge in [0.15, 0.2) is 0 Å². The molecule has 1 atom stereocenters. The summed E-state index contributed by atoms with van der Waals surface area (Å²) in [6.07, 6.45) is 2.03. The second kappa shape index (κ2) is 5.16. The zero-order chi connectivity index (χ0) is 9.61. The van der Waals surface area contributed by atoms with Crippen LogP contribution < -0.4 is 0 Å². The van der Waals surface area contributed by atoms with Crippen LogP contribution in [0, 0.1) is 0 Å². The summed E-state index contributed by atoms with van der Waals surface area (Å²) in [5.41, 5.74) is 0. The largest absolute Gasteiger partial charge is 0.448 e. The number of hydrogen-bond acceptors (Lipinski definition) is 4. The van der Waals surface area contributed by atoms with Crippen molar-refractivity contribution in [3.05, 3.63) is 12.8 Å². The highest BCUT2D eigenvalue weighted by atomic mass is 32.3. The fraction of sp³-hybridized carbons (Fsp3) is 0.714. The van der Waals surface area contributed by atoms with Gasteiger partial charge >= 0.3 is 10.4 Å². The monoisotopic (exact) mass is 194 g/mol. The molecule has 0 aromatic carbocycles. The van der Waals surface area contributed by atoms with Crippen molar-refractivity contribution in [2.45, 2.75) is 32.8 Å². The SMILES string of the molecule is C=COS(=O)(=O)OC(C)CCC. The summed E-state index contributed by atoms with van der Waals surface area (Å²) in [6.45, 7) is 6.74. The molecular formula is C7H14O4S. The second-order valence-corrected chi connectivity index (χ2v) is 3.57. The second-order valence-electron chi connectivity index (χ2n) is 2.37. The third kappa shape index (κ3) is 5.15. The Bertz CT molecular complexity index is 220. The molecule has 0 aromatic heterocycles. The van der Waals surface area contributed by atoms with Crippen molar-refractivity contribution in [3.63, 3.8) is 0 Å². The molecule has 1 unspecified atom stereocenters. The molecule has 4 nitrogen and oxygen atoms in total. The molecule has 72 valence electrons. The summed E-state index contributed by atoms with van der Waals surface area (Å²) in [6, 6.07) is 0. The van der Waals surface area contributed by atoms with Crippen LogP contribution in [0.3, 0.4) is 0 Å². The van der Waals surface area contributed by atoms with Crippen LogP contribution in [0.25, 0.3) is 0 Å². The fourth-order valence-electron chi connectivity index (χ4n) is 0.762. The Kier molecular flexibility index (Phi) is 4.92. The molecule has 0 aliphatic rings. The van der Waals surface area contributed by atoms with Crippen LogP contribution >= 0.6 is 0 Å². The highest BCUT2D eigenvalue weighted by Crippen LogP contribution is 2.06. The van der Waals surface area contributed by atoms with E-state index in [0.29, 0.717) is 6.42 Å². The molecule has 12 heavy (non-hydrogen) atoms. The molecule has 0 aliphatic carbocycles. The van der Waals surface area contributed by atoms with E-state index in [-0.39, 0.29) is 6.10 Å². The lowest BCUT2D eigenvalue weighted by Crippen LogP contribution is -2.15. The molecule has 0 bridgehead atoms. The number of rotatable bonds is 6. The Morgan fingerprint density at radius 1 is 1.58 bits per heavy atom. The maximum atomic E-state index is 10.8. The van der Waals surface area contributed by atoms with Crippen molar-refractivity contribution in [1.82, 2.24) is 0 Å². The zero-order valence-corrected chi connectivity index (χ0v) is 8.13. The summed E-state index contributed by atoms with van der Waals surface area (Å²) in [5.74, 6) is 0. The summed E-state index contributed by atoms with van der Waals surface area (Å²) >= 11 is 0. The molecular weight excluding hydrogens is 180 g/mol. The Labute approximate surface area is 73.5 Å². The normalized spacial score (nSPS) is 13.8. The predicted molar refractivity (Wildman–Crippen MR) is 45.7 cm³/mol. The summed E-state index contributed by atoms with van der Waals surface area (Å²) in [4.78, 5) is 0. The fourth-order valence-corrected chi connectivity index (χ4v) is 1.47. The van der Waals surface area contributed by atoms with Gasteiger partial charge < -0.3 is 4.18 Å². The van der Waals surface area contributed by atoms with Gasteiger partial charge in [-0.05, 0) is 13.3 Å². The molecule has 0 saturated carbocycles. The van der Waals surface area contributed by atoms with Crippen molar-refractivity contribution in [1.29, 1.82) is 0 Å². The van der Waals surface area contributed by atoms with Gasteiger partial charge in [0.05, 0.1) is 6.10 Å². The third-order valence-corrected chi connectivity index (χ3v) is 2.10. The predicted octanol–water partition coefficient (Wildman–Crippen LogP) is 1.60. The van der Waals surface area contributed by atoms with E-state index in [1.165, 1.54) is 0 Å². The summed E-state index contributed by atoms with van der Waals surface area (Å²) in [7, 11) is -3.87. The molecule has 0 N–H and O–H groups in total. The van der Waals surface area contributed by atoms with Gasteiger partial charge in [0, 0.05) is 0 Å². The Morgan fingerprint density at radius 3 is 2.58 bits per heavy atom. The van der Waals surface area contributed by atoms with Gasteiger partial charge in [0.1, 0.15) is 6.26 Å². The van der Waals surface area contributed by atoms with Gasteiger partial charge in [-0.15, -0.1) is 0 Å². The van der Waals surface area contributed by atoms with Crippen molar-refractivity contribution in [2.75, 3.05) is 0 Å². The van der Waals surface area contributed by atoms with Crippen LogP contribution in [-0.2, 0) is 18.8 Å². The lowest BCUT2D eigenvalue weighted by Gasteiger charge is -2.09. The maximum absolute atomic E-state index is 10.8. The Morgan fingerprint density at radius 2 is 2.17 bits per heavy atom. The van der Waals surface area contributed by atoms with E-state index < -0.39 is 10.4 Å². The molecule has 5 heteroatoms. The van der Waals surface area contributed by atoms with Crippen LogP contribution in [0.2, 0.25) is 0 Å². The minimum atomic E-state index is -3.87. The van der Waals surface area contributed by atoms with E-state index in [1.54, 1.807) is 6.92 Å². The van der Waals surface area contributed by atoms with E-state index >= 15 is 0 Å². The van der Waals surface area contributed by atoms with E-state index in [4.69, 9.17) is 0 Å². The standard InChI is InChI=1S/C7H14O4S/c1-4-6-7(3)11-12(8,9)10-5-2/h5,7H,2,4,6H2,1,3H3. The highest BCUT2D eigenvalue weighted by Gasteiger charge is 2.14. The van der Waals surface area contributed by atoms with Gasteiger partial charge in [-0.2, -0.15) is 8.42 Å². The average molecular weight is 194 g/mol. The topological polar surface area (TPSA) is 52.6 Å². The molecule has 0 heterocycles. The van der Waals surface area contributed by atoms with Crippen LogP contribution in [0.4, 0.5) is 0 Å². The lowest BCUT2D eigenvalue weighted by atomic mass is 10.2. The molecule has 0 rings (SSSR count). The molecule has 0 amide bonds. The van der Waals surface area contributed by atoms with Crippen molar-refractivity contribution >= 4 is 10.4 Å². The van der Waals surface area contributed by atoms with Crippen LogP contribution in [0.1, 0.15) is 26.7 Å². The molecule has 0 fully saturated rings. The quantitative estimate of drug-likeness (QED) is 0.602. The van der Waals surface area contributed by atoms with Gasteiger partial charge in [0.2, 0.25) is 0 Å². The van der Waals surface area contributed by atoms with Crippen LogP contribution in [0.15, 0.2) is 12.8 Å². The molecule has 0 aromatic rings. The first kappa shape index (κ1) is 11.4. The maximum Gasteiger partial charge on any atom is 0.448 e. The molecule has 0 aliphatic heterocycles. The van der Waals surface area contributed by atoms with E-state index in [0.717, 1.165) is 12.7 Å². The van der Waals surface area contributed by atoms with E-state index in [2.05, 4.69) is 14.9 Å².